The van der Waals surface area contributed by atoms with Crippen LogP contribution >= 0.6 is 11.6 Å². The van der Waals surface area contributed by atoms with Crippen molar-refractivity contribution in [3.63, 3.8) is 0 Å². The van der Waals surface area contributed by atoms with Gasteiger partial charge in [-0.15, -0.1) is 0 Å². The zero-order valence-corrected chi connectivity index (χ0v) is 24.9. The van der Waals surface area contributed by atoms with Gasteiger partial charge in [-0.25, -0.2) is 8.42 Å². The maximum absolute atomic E-state index is 14.1. The highest BCUT2D eigenvalue weighted by Gasteiger charge is 2.34. The summed E-state index contributed by atoms with van der Waals surface area (Å²) >= 11 is 6.44. The third-order valence-corrected chi connectivity index (χ3v) is 7.85. The molecule has 0 saturated heterocycles. The number of nitrogens with zero attached hydrogens (tertiary/aromatic N) is 3. The molecule has 0 radical (unpaired) electrons. The summed E-state index contributed by atoms with van der Waals surface area (Å²) in [6, 6.07) is 18.6. The number of nitro benzene ring substituents is 1. The number of halogens is 1. The van der Waals surface area contributed by atoms with E-state index in [1.165, 1.54) is 17.0 Å². The molecular weight excluding hydrogens is 568 g/mol. The van der Waals surface area contributed by atoms with E-state index in [2.05, 4.69) is 5.32 Å². The van der Waals surface area contributed by atoms with Crippen LogP contribution in [0.1, 0.15) is 30.5 Å². The first-order valence-electron chi connectivity index (χ1n) is 12.9. The topological polar surface area (TPSA) is 130 Å². The van der Waals surface area contributed by atoms with E-state index in [4.69, 9.17) is 11.6 Å². The highest BCUT2D eigenvalue weighted by atomic mass is 35.5. The fourth-order valence-electron chi connectivity index (χ4n) is 4.32. The number of aryl methyl sites for hydroxylation is 1. The fourth-order valence-corrected chi connectivity index (χ4v) is 5.41. The van der Waals surface area contributed by atoms with E-state index in [-0.39, 0.29) is 30.4 Å². The van der Waals surface area contributed by atoms with Crippen LogP contribution in [0.2, 0.25) is 5.02 Å². The predicted octanol–water partition coefficient (Wildman–Crippen LogP) is 4.49. The Labute approximate surface area is 245 Å². The highest BCUT2D eigenvalue weighted by molar-refractivity contribution is 7.92. The molecule has 0 heterocycles. The summed E-state index contributed by atoms with van der Waals surface area (Å²) in [4.78, 5) is 39.8. The maximum Gasteiger partial charge on any atom is 0.271 e. The smallest absolute Gasteiger partial charge is 0.271 e. The molecule has 0 saturated carbocycles. The number of nitrogens with one attached hydrogen (secondary N) is 1. The minimum atomic E-state index is -4.08. The van der Waals surface area contributed by atoms with Gasteiger partial charge in [-0.3, -0.25) is 24.0 Å². The van der Waals surface area contributed by atoms with E-state index in [1.54, 1.807) is 45.0 Å². The average Bonchev–Trinajstić information content (AvgIpc) is 2.90. The molecule has 12 heteroatoms. The first-order valence-corrected chi connectivity index (χ1v) is 15.1. The van der Waals surface area contributed by atoms with E-state index in [9.17, 15) is 28.1 Å². The Kier molecular flexibility index (Phi) is 10.5. The van der Waals surface area contributed by atoms with Crippen molar-refractivity contribution in [1.82, 2.24) is 10.2 Å². The Bertz CT molecular complexity index is 1510. The van der Waals surface area contributed by atoms with Gasteiger partial charge in [-0.1, -0.05) is 66.2 Å². The number of sulfonamides is 1. The summed E-state index contributed by atoms with van der Waals surface area (Å²) in [5.41, 5.74) is 1.46. The van der Waals surface area contributed by atoms with Crippen molar-refractivity contribution in [3.05, 3.63) is 105 Å². The van der Waals surface area contributed by atoms with Crippen LogP contribution in [0.25, 0.3) is 0 Å². The number of benzene rings is 3. The molecule has 0 fully saturated rings. The second kappa shape index (κ2) is 13.6. The molecule has 1 N–H and O–H groups in total. The van der Waals surface area contributed by atoms with Crippen LogP contribution in [0.5, 0.6) is 0 Å². The van der Waals surface area contributed by atoms with Crippen molar-refractivity contribution in [2.24, 2.45) is 0 Å². The zero-order valence-electron chi connectivity index (χ0n) is 23.3. The molecule has 3 rings (SSSR count). The minimum absolute atomic E-state index is 0.000940. The molecule has 41 heavy (non-hydrogen) atoms. The fraction of sp³-hybridized carbons (Fsp3) is 0.310. The van der Waals surface area contributed by atoms with Gasteiger partial charge >= 0.3 is 0 Å². The summed E-state index contributed by atoms with van der Waals surface area (Å²) in [6.07, 6.45) is 1.08. The number of carbonyl (C=O) groups excluding carboxylic acids is 2. The van der Waals surface area contributed by atoms with E-state index in [0.29, 0.717) is 16.1 Å². The van der Waals surface area contributed by atoms with Crippen molar-refractivity contribution in [3.8, 4) is 0 Å². The molecule has 0 aromatic heterocycles. The molecule has 218 valence electrons. The SMILES string of the molecule is Cc1ccc([N+](=O)[O-])cc1N(CC(=O)N(Cc1ccccc1Cl)C(Cc1ccccc1)C(=O)NC(C)C)S(C)(=O)=O. The van der Waals surface area contributed by atoms with Crippen LogP contribution in [0.3, 0.4) is 0 Å². The Balaban J connectivity index is 2.12. The Hall–Kier alpha value is -3.96. The lowest BCUT2D eigenvalue weighted by atomic mass is 10.0. The van der Waals surface area contributed by atoms with Crippen LogP contribution in [0.4, 0.5) is 11.4 Å². The second-order valence-electron chi connectivity index (χ2n) is 9.98. The molecule has 0 bridgehead atoms. The number of carbonyl (C=O) groups is 2. The van der Waals surface area contributed by atoms with E-state index in [0.717, 1.165) is 22.2 Å². The van der Waals surface area contributed by atoms with Crippen LogP contribution < -0.4 is 9.62 Å². The van der Waals surface area contributed by atoms with Gasteiger partial charge in [-0.05, 0) is 43.5 Å². The lowest BCUT2D eigenvalue weighted by molar-refractivity contribution is -0.384. The zero-order chi connectivity index (χ0) is 30.3. The molecule has 2 amide bonds. The summed E-state index contributed by atoms with van der Waals surface area (Å²) < 4.78 is 26.8. The standard InChI is InChI=1S/C29H33ClN4O6S/c1-20(2)31-29(36)27(16-22-10-6-5-7-11-22)32(18-23-12-8-9-13-25(23)30)28(35)19-33(41(4,39)40)26-17-24(34(37)38)15-14-21(26)3/h5-15,17,20,27H,16,18-19H2,1-4H3,(H,31,36). The molecule has 0 spiro atoms. The van der Waals surface area contributed by atoms with Gasteiger partial charge in [0.15, 0.2) is 0 Å². The first kappa shape index (κ1) is 31.6. The summed E-state index contributed by atoms with van der Waals surface area (Å²) in [7, 11) is -4.08. The van der Waals surface area contributed by atoms with Gasteiger partial charge in [0, 0.05) is 36.2 Å². The molecule has 3 aromatic carbocycles. The Morgan fingerprint density at radius 1 is 1.02 bits per heavy atom. The third-order valence-electron chi connectivity index (χ3n) is 6.35. The monoisotopic (exact) mass is 600 g/mol. The first-order chi connectivity index (χ1) is 19.3. The van der Waals surface area contributed by atoms with Crippen molar-refractivity contribution in [2.45, 2.75) is 45.8 Å². The average molecular weight is 601 g/mol. The molecule has 0 aliphatic carbocycles. The number of non-ortho nitro benzene ring substituents is 1. The lowest BCUT2D eigenvalue weighted by Crippen LogP contribution is -2.54. The molecule has 0 aliphatic rings. The number of rotatable bonds is 12. The molecule has 10 nitrogen and oxygen atoms in total. The largest absolute Gasteiger partial charge is 0.352 e. The van der Waals surface area contributed by atoms with Crippen molar-refractivity contribution >= 4 is 44.8 Å². The Morgan fingerprint density at radius 2 is 1.66 bits per heavy atom. The van der Waals surface area contributed by atoms with Gasteiger partial charge in [0.1, 0.15) is 12.6 Å². The number of amides is 2. The minimum Gasteiger partial charge on any atom is -0.352 e. The molecule has 0 aliphatic heterocycles. The normalized spacial score (nSPS) is 12.0. The van der Waals surface area contributed by atoms with Gasteiger partial charge < -0.3 is 10.2 Å². The van der Waals surface area contributed by atoms with Crippen molar-refractivity contribution in [2.75, 3.05) is 17.1 Å². The summed E-state index contributed by atoms with van der Waals surface area (Å²) in [5.74, 6) is -1.09. The van der Waals surface area contributed by atoms with Crippen LogP contribution in [0, 0.1) is 17.0 Å². The lowest BCUT2D eigenvalue weighted by Gasteiger charge is -2.34. The van der Waals surface area contributed by atoms with Gasteiger partial charge in [0.05, 0.1) is 16.9 Å². The molecule has 1 unspecified atom stereocenters. The number of nitro groups is 1. The Morgan fingerprint density at radius 3 is 2.24 bits per heavy atom. The number of anilines is 1. The molecule has 1 atom stereocenters. The van der Waals surface area contributed by atoms with Crippen LogP contribution in [-0.4, -0.2) is 54.9 Å². The highest BCUT2D eigenvalue weighted by Crippen LogP contribution is 2.28. The number of hydrogen-bond donors (Lipinski definition) is 1. The van der Waals surface area contributed by atoms with Crippen molar-refractivity contribution < 1.29 is 22.9 Å². The predicted molar refractivity (Wildman–Crippen MR) is 159 cm³/mol. The second-order valence-corrected chi connectivity index (χ2v) is 12.3. The van der Waals surface area contributed by atoms with Gasteiger partial charge in [-0.2, -0.15) is 0 Å². The maximum atomic E-state index is 14.1. The summed E-state index contributed by atoms with van der Waals surface area (Å²) in [5, 5.41) is 14.7. The van der Waals surface area contributed by atoms with Gasteiger partial charge in [0.25, 0.3) is 5.69 Å². The summed E-state index contributed by atoms with van der Waals surface area (Å²) in [6.45, 7) is 4.43. The van der Waals surface area contributed by atoms with Gasteiger partial charge in [0.2, 0.25) is 21.8 Å². The molecule has 3 aromatic rings. The van der Waals surface area contributed by atoms with E-state index < -0.39 is 39.3 Å². The van der Waals surface area contributed by atoms with Crippen molar-refractivity contribution in [1.29, 1.82) is 0 Å². The van der Waals surface area contributed by atoms with Crippen LogP contribution in [-0.2, 0) is 32.6 Å². The van der Waals surface area contributed by atoms with Crippen LogP contribution in [0.15, 0.2) is 72.8 Å². The quantitative estimate of drug-likeness (QED) is 0.241. The van der Waals surface area contributed by atoms with E-state index >= 15 is 0 Å². The number of hydrogen-bond acceptors (Lipinski definition) is 6. The van der Waals surface area contributed by atoms with E-state index in [1.807, 2.05) is 30.3 Å². The molecular formula is C29H33ClN4O6S. The third kappa shape index (κ3) is 8.51.